The van der Waals surface area contributed by atoms with E-state index in [1.807, 2.05) is 18.4 Å². The lowest BCUT2D eigenvalue weighted by atomic mass is 10.1. The first kappa shape index (κ1) is 18.2. The Morgan fingerprint density at radius 1 is 0.962 bits per heavy atom. The molecule has 0 fully saturated rings. The Kier molecular flexibility index (Phi) is 5.73. The molecule has 5 nitrogen and oxygen atoms in total. The van der Waals surface area contributed by atoms with Gasteiger partial charge in [0.1, 0.15) is 0 Å². The van der Waals surface area contributed by atoms with Crippen molar-refractivity contribution in [2.45, 2.75) is 17.7 Å². The Morgan fingerprint density at radius 3 is 2.23 bits per heavy atom. The van der Waals surface area contributed by atoms with Crippen molar-refractivity contribution in [1.82, 2.24) is 4.90 Å². The van der Waals surface area contributed by atoms with Gasteiger partial charge in [0.2, 0.25) is 0 Å². The van der Waals surface area contributed by atoms with Crippen LogP contribution >= 0.6 is 11.8 Å². The maximum absolute atomic E-state index is 12.3. The van der Waals surface area contributed by atoms with E-state index in [1.165, 1.54) is 16.7 Å². The van der Waals surface area contributed by atoms with Crippen LogP contribution in [0.25, 0.3) is 0 Å². The van der Waals surface area contributed by atoms with E-state index >= 15 is 0 Å². The number of nitrogens with zero attached hydrogens (tertiary/aromatic N) is 1. The molecule has 1 heterocycles. The van der Waals surface area contributed by atoms with Crippen LogP contribution in [-0.4, -0.2) is 42.1 Å². The minimum Gasteiger partial charge on any atom is -0.462 e. The number of fused-ring (bicyclic) bond motifs is 1. The number of rotatable bonds is 7. The summed E-state index contributed by atoms with van der Waals surface area (Å²) in [4.78, 5) is 38.8. The van der Waals surface area contributed by atoms with E-state index in [-0.39, 0.29) is 24.4 Å². The summed E-state index contributed by atoms with van der Waals surface area (Å²) in [7, 11) is 0. The van der Waals surface area contributed by atoms with Crippen molar-refractivity contribution in [3.8, 4) is 0 Å². The summed E-state index contributed by atoms with van der Waals surface area (Å²) in [5, 5.41) is 0. The van der Waals surface area contributed by atoms with Crippen LogP contribution in [0.15, 0.2) is 53.4 Å². The summed E-state index contributed by atoms with van der Waals surface area (Å²) in [6, 6.07) is 14.1. The van der Waals surface area contributed by atoms with Crippen molar-refractivity contribution >= 4 is 29.5 Å². The first-order chi connectivity index (χ1) is 12.6. The van der Waals surface area contributed by atoms with Crippen LogP contribution < -0.4 is 0 Å². The maximum atomic E-state index is 12.3. The highest BCUT2D eigenvalue weighted by Crippen LogP contribution is 2.23. The molecule has 1 aliphatic rings. The van der Waals surface area contributed by atoms with Crippen molar-refractivity contribution in [2.24, 2.45) is 0 Å². The SMILES string of the molecule is CSc1ccccc1C(=O)OCCCCN1C(=O)c2ccccc2C1=O. The van der Waals surface area contributed by atoms with Crippen molar-refractivity contribution in [3.63, 3.8) is 0 Å². The zero-order valence-corrected chi connectivity index (χ0v) is 15.3. The van der Waals surface area contributed by atoms with Gasteiger partial charge < -0.3 is 4.74 Å². The number of unbranched alkanes of at least 4 members (excludes halogenated alkanes) is 1. The maximum Gasteiger partial charge on any atom is 0.339 e. The number of thioether (sulfide) groups is 1. The van der Waals surface area contributed by atoms with Gasteiger partial charge in [0.25, 0.3) is 11.8 Å². The zero-order valence-electron chi connectivity index (χ0n) is 14.4. The Labute approximate surface area is 156 Å². The highest BCUT2D eigenvalue weighted by Gasteiger charge is 2.34. The predicted octanol–water partition coefficient (Wildman–Crippen LogP) is 3.64. The van der Waals surface area contributed by atoms with E-state index in [0.717, 1.165) is 4.90 Å². The Bertz CT molecular complexity index is 814. The largest absolute Gasteiger partial charge is 0.462 e. The number of carbonyl (C=O) groups is 3. The smallest absolute Gasteiger partial charge is 0.339 e. The van der Waals surface area contributed by atoms with Gasteiger partial charge in [-0.1, -0.05) is 24.3 Å². The average Bonchev–Trinajstić information content (AvgIpc) is 2.92. The van der Waals surface area contributed by atoms with Gasteiger partial charge in [0.05, 0.1) is 23.3 Å². The summed E-state index contributed by atoms with van der Waals surface area (Å²) in [5.41, 5.74) is 1.47. The molecule has 0 radical (unpaired) electrons. The van der Waals surface area contributed by atoms with Gasteiger partial charge in [-0.05, 0) is 43.4 Å². The predicted molar refractivity (Wildman–Crippen MR) is 99.5 cm³/mol. The minimum atomic E-state index is -0.351. The molecule has 0 aromatic heterocycles. The fraction of sp³-hybridized carbons (Fsp3) is 0.250. The molecule has 134 valence electrons. The summed E-state index contributed by atoms with van der Waals surface area (Å²) in [6.07, 6.45) is 3.08. The molecule has 26 heavy (non-hydrogen) atoms. The van der Waals surface area contributed by atoms with Crippen molar-refractivity contribution < 1.29 is 19.1 Å². The van der Waals surface area contributed by atoms with Crippen LogP contribution in [0.2, 0.25) is 0 Å². The number of amides is 2. The van der Waals surface area contributed by atoms with Crippen LogP contribution in [-0.2, 0) is 4.74 Å². The first-order valence-corrected chi connectivity index (χ1v) is 9.61. The van der Waals surface area contributed by atoms with Crippen LogP contribution in [0, 0.1) is 0 Å². The van der Waals surface area contributed by atoms with Crippen LogP contribution in [0.3, 0.4) is 0 Å². The van der Waals surface area contributed by atoms with Crippen LogP contribution in [0.5, 0.6) is 0 Å². The standard InChI is InChI=1S/C20H19NO4S/c1-26-17-11-5-4-10-16(17)20(24)25-13-7-6-12-21-18(22)14-8-2-3-9-15(14)19(21)23/h2-5,8-11H,6-7,12-13H2,1H3. The molecular weight excluding hydrogens is 350 g/mol. The van der Waals surface area contributed by atoms with Crippen molar-refractivity contribution in [1.29, 1.82) is 0 Å². The number of hydrogen-bond donors (Lipinski definition) is 0. The third-order valence-electron chi connectivity index (χ3n) is 4.21. The molecule has 0 saturated heterocycles. The van der Waals surface area contributed by atoms with Gasteiger partial charge in [0.15, 0.2) is 0 Å². The zero-order chi connectivity index (χ0) is 18.5. The van der Waals surface area contributed by atoms with Gasteiger partial charge in [0, 0.05) is 11.4 Å². The van der Waals surface area contributed by atoms with E-state index < -0.39 is 0 Å². The van der Waals surface area contributed by atoms with Crippen molar-refractivity contribution in [3.05, 3.63) is 65.2 Å². The number of imide groups is 1. The number of benzene rings is 2. The molecule has 0 aliphatic carbocycles. The third-order valence-corrected chi connectivity index (χ3v) is 5.01. The number of carbonyl (C=O) groups excluding carboxylic acids is 3. The lowest BCUT2D eigenvalue weighted by Gasteiger charge is -2.13. The molecule has 6 heteroatoms. The molecule has 2 aromatic carbocycles. The minimum absolute atomic E-state index is 0.253. The highest BCUT2D eigenvalue weighted by atomic mass is 32.2. The second-order valence-corrected chi connectivity index (χ2v) is 6.70. The number of esters is 1. The molecule has 2 aromatic rings. The highest BCUT2D eigenvalue weighted by molar-refractivity contribution is 7.98. The Morgan fingerprint density at radius 2 is 1.58 bits per heavy atom. The fourth-order valence-electron chi connectivity index (χ4n) is 2.87. The van der Waals surface area contributed by atoms with Gasteiger partial charge >= 0.3 is 5.97 Å². The second-order valence-electron chi connectivity index (χ2n) is 5.85. The normalized spacial score (nSPS) is 13.0. The lowest BCUT2D eigenvalue weighted by molar-refractivity contribution is 0.0482. The summed E-state index contributed by atoms with van der Waals surface area (Å²) in [6.45, 7) is 0.579. The van der Waals surface area contributed by atoms with Crippen molar-refractivity contribution in [2.75, 3.05) is 19.4 Å². The summed E-state index contributed by atoms with van der Waals surface area (Å²) < 4.78 is 5.31. The van der Waals surface area contributed by atoms with Gasteiger partial charge in [-0.2, -0.15) is 0 Å². The van der Waals surface area contributed by atoms with E-state index in [4.69, 9.17) is 4.74 Å². The molecule has 0 unspecified atom stereocenters. The molecule has 0 atom stereocenters. The summed E-state index contributed by atoms with van der Waals surface area (Å²) >= 11 is 1.50. The van der Waals surface area contributed by atoms with E-state index in [2.05, 4.69) is 0 Å². The molecule has 0 N–H and O–H groups in total. The molecule has 0 spiro atoms. The molecular formula is C20H19NO4S. The Hall–Kier alpha value is -2.60. The third kappa shape index (κ3) is 3.65. The van der Waals surface area contributed by atoms with Crippen LogP contribution in [0.4, 0.5) is 0 Å². The molecule has 0 bridgehead atoms. The monoisotopic (exact) mass is 369 g/mol. The molecule has 3 rings (SSSR count). The molecule has 2 amide bonds. The topological polar surface area (TPSA) is 63.7 Å². The lowest BCUT2D eigenvalue weighted by Crippen LogP contribution is -2.30. The van der Waals surface area contributed by atoms with E-state index in [1.54, 1.807) is 36.4 Å². The van der Waals surface area contributed by atoms with Crippen LogP contribution in [0.1, 0.15) is 43.9 Å². The summed E-state index contributed by atoms with van der Waals surface area (Å²) in [5.74, 6) is -0.858. The quantitative estimate of drug-likeness (QED) is 0.323. The van der Waals surface area contributed by atoms with Gasteiger partial charge in [-0.15, -0.1) is 11.8 Å². The average molecular weight is 369 g/mol. The van der Waals surface area contributed by atoms with Gasteiger partial charge in [-0.3, -0.25) is 14.5 Å². The number of ether oxygens (including phenoxy) is 1. The van der Waals surface area contributed by atoms with E-state index in [9.17, 15) is 14.4 Å². The number of hydrogen-bond acceptors (Lipinski definition) is 5. The van der Waals surface area contributed by atoms with Gasteiger partial charge in [-0.25, -0.2) is 4.79 Å². The molecule has 1 aliphatic heterocycles. The van der Waals surface area contributed by atoms with E-state index in [0.29, 0.717) is 36.1 Å². The first-order valence-electron chi connectivity index (χ1n) is 8.39. The molecule has 0 saturated carbocycles. The fourth-order valence-corrected chi connectivity index (χ4v) is 3.46. The second kappa shape index (κ2) is 8.19. The Balaban J connectivity index is 1.46.